The zero-order chi connectivity index (χ0) is 14.9. The van der Waals surface area contributed by atoms with Crippen molar-refractivity contribution < 1.29 is 4.74 Å². The molecule has 0 saturated heterocycles. The molecule has 0 aliphatic heterocycles. The van der Waals surface area contributed by atoms with Gasteiger partial charge in [-0.3, -0.25) is 0 Å². The van der Waals surface area contributed by atoms with Crippen LogP contribution in [0, 0.1) is 5.41 Å². The highest BCUT2D eigenvalue weighted by Crippen LogP contribution is 2.57. The minimum Gasteiger partial charge on any atom is -0.378 e. The van der Waals surface area contributed by atoms with Crippen LogP contribution >= 0.6 is 23.2 Å². The van der Waals surface area contributed by atoms with Crippen molar-refractivity contribution >= 4 is 23.2 Å². The molecule has 0 aromatic heterocycles. The van der Waals surface area contributed by atoms with E-state index in [0.717, 1.165) is 36.6 Å². The molecular weight excluding hydrogens is 305 g/mol. The van der Waals surface area contributed by atoms with Crippen LogP contribution in [0.2, 0.25) is 10.0 Å². The summed E-state index contributed by atoms with van der Waals surface area (Å²) in [6, 6.07) is 6.37. The van der Waals surface area contributed by atoms with Crippen LogP contribution in [-0.2, 0) is 11.2 Å². The first-order valence-electron chi connectivity index (χ1n) is 7.94. The number of nitrogens with one attached hydrogen (secondary N) is 1. The molecule has 2 aliphatic carbocycles. The second-order valence-electron chi connectivity index (χ2n) is 6.26. The number of hydrogen-bond donors (Lipinski definition) is 1. The van der Waals surface area contributed by atoms with Crippen molar-refractivity contribution in [3.63, 3.8) is 0 Å². The van der Waals surface area contributed by atoms with E-state index in [1.165, 1.54) is 19.3 Å². The number of benzene rings is 1. The lowest BCUT2D eigenvalue weighted by Gasteiger charge is -2.61. The summed E-state index contributed by atoms with van der Waals surface area (Å²) < 4.78 is 5.89. The van der Waals surface area contributed by atoms with Gasteiger partial charge in [0.15, 0.2) is 0 Å². The molecule has 3 rings (SSSR count). The maximum absolute atomic E-state index is 6.22. The van der Waals surface area contributed by atoms with Crippen LogP contribution in [-0.4, -0.2) is 25.3 Å². The van der Waals surface area contributed by atoms with Crippen molar-refractivity contribution in [3.05, 3.63) is 33.8 Å². The smallest absolute Gasteiger partial charge is 0.0661 e. The molecule has 0 radical (unpaired) electrons. The normalized spacial score (nSPS) is 26.4. The van der Waals surface area contributed by atoms with Crippen LogP contribution < -0.4 is 5.32 Å². The monoisotopic (exact) mass is 327 g/mol. The van der Waals surface area contributed by atoms with Gasteiger partial charge in [-0.05, 0) is 56.8 Å². The molecule has 1 aromatic carbocycles. The van der Waals surface area contributed by atoms with E-state index in [4.69, 9.17) is 27.9 Å². The standard InChI is InChI=1S/C17H23Cl2NO/c1-2-21-16-11-15(17(16)7-3-8-17)20-9-6-12-4-5-13(18)10-14(12)19/h4-5,10,15-16,20H,2-3,6-9,11H2,1H3. The Hall–Kier alpha value is -0.280. The first kappa shape index (κ1) is 15.6. The van der Waals surface area contributed by atoms with Crippen LogP contribution in [0.5, 0.6) is 0 Å². The van der Waals surface area contributed by atoms with Gasteiger partial charge in [0.1, 0.15) is 0 Å². The third-order valence-corrected chi connectivity index (χ3v) is 5.82. The molecule has 0 amide bonds. The fourth-order valence-corrected chi connectivity index (χ4v) is 4.33. The lowest BCUT2D eigenvalue weighted by molar-refractivity contribution is -0.172. The fourth-order valence-electron chi connectivity index (χ4n) is 3.83. The number of rotatable bonds is 6. The Bertz CT molecular complexity index is 502. The number of ether oxygens (including phenoxy) is 1. The minimum absolute atomic E-state index is 0.430. The van der Waals surface area contributed by atoms with Gasteiger partial charge in [-0.15, -0.1) is 0 Å². The molecule has 2 saturated carbocycles. The average Bonchev–Trinajstić information content (AvgIpc) is 2.37. The summed E-state index contributed by atoms with van der Waals surface area (Å²) in [5, 5.41) is 5.18. The minimum atomic E-state index is 0.430. The molecule has 0 bridgehead atoms. The van der Waals surface area contributed by atoms with Gasteiger partial charge in [-0.1, -0.05) is 35.7 Å². The summed E-state index contributed by atoms with van der Waals surface area (Å²) in [4.78, 5) is 0. The van der Waals surface area contributed by atoms with E-state index in [1.807, 2.05) is 18.2 Å². The molecule has 1 spiro atoms. The maximum atomic E-state index is 6.22. The molecule has 1 aromatic rings. The summed E-state index contributed by atoms with van der Waals surface area (Å²) in [5.74, 6) is 0. The lowest BCUT2D eigenvalue weighted by atomic mass is 9.51. The van der Waals surface area contributed by atoms with Crippen molar-refractivity contribution in [2.45, 2.75) is 51.2 Å². The topological polar surface area (TPSA) is 21.3 Å². The predicted octanol–water partition coefficient (Wildman–Crippen LogP) is 4.47. The molecule has 2 nitrogen and oxygen atoms in total. The first-order chi connectivity index (χ1) is 10.2. The Kier molecular flexibility index (Phi) is 4.80. The van der Waals surface area contributed by atoms with Crippen LogP contribution in [0.1, 0.15) is 38.2 Å². The highest BCUT2D eigenvalue weighted by molar-refractivity contribution is 6.35. The third kappa shape index (κ3) is 2.96. The first-order valence-corrected chi connectivity index (χ1v) is 8.70. The molecule has 116 valence electrons. The zero-order valence-electron chi connectivity index (χ0n) is 12.5. The van der Waals surface area contributed by atoms with Gasteiger partial charge >= 0.3 is 0 Å². The summed E-state index contributed by atoms with van der Waals surface area (Å²) in [6.45, 7) is 3.89. The SMILES string of the molecule is CCOC1CC(NCCc2ccc(Cl)cc2Cl)C12CCC2. The van der Waals surface area contributed by atoms with E-state index < -0.39 is 0 Å². The van der Waals surface area contributed by atoms with Crippen molar-refractivity contribution in [2.24, 2.45) is 5.41 Å². The van der Waals surface area contributed by atoms with E-state index in [0.29, 0.717) is 22.6 Å². The highest BCUT2D eigenvalue weighted by Gasteiger charge is 2.58. The van der Waals surface area contributed by atoms with E-state index in [-0.39, 0.29) is 0 Å². The predicted molar refractivity (Wildman–Crippen MR) is 88.3 cm³/mol. The quantitative estimate of drug-likeness (QED) is 0.832. The molecule has 4 heteroatoms. The van der Waals surface area contributed by atoms with E-state index >= 15 is 0 Å². The van der Waals surface area contributed by atoms with Crippen molar-refractivity contribution in [3.8, 4) is 0 Å². The molecule has 2 fully saturated rings. The van der Waals surface area contributed by atoms with Gasteiger partial charge in [0.25, 0.3) is 0 Å². The van der Waals surface area contributed by atoms with E-state index in [9.17, 15) is 0 Å². The van der Waals surface area contributed by atoms with Gasteiger partial charge in [0, 0.05) is 28.1 Å². The Morgan fingerprint density at radius 2 is 2.14 bits per heavy atom. The molecule has 2 atom stereocenters. The Labute approximate surface area is 137 Å². The summed E-state index contributed by atoms with van der Waals surface area (Å²) in [7, 11) is 0. The van der Waals surface area contributed by atoms with Gasteiger partial charge in [0.05, 0.1) is 6.10 Å². The molecule has 1 N–H and O–H groups in total. The zero-order valence-corrected chi connectivity index (χ0v) is 14.0. The highest BCUT2D eigenvalue weighted by atomic mass is 35.5. The Morgan fingerprint density at radius 3 is 2.76 bits per heavy atom. The Balaban J connectivity index is 1.50. The summed E-state index contributed by atoms with van der Waals surface area (Å²) in [5.41, 5.74) is 1.59. The van der Waals surface area contributed by atoms with Crippen LogP contribution in [0.15, 0.2) is 18.2 Å². The number of halogens is 2. The maximum Gasteiger partial charge on any atom is 0.0661 e. The number of hydrogen-bond acceptors (Lipinski definition) is 2. The second-order valence-corrected chi connectivity index (χ2v) is 7.10. The molecule has 2 aliphatic rings. The largest absolute Gasteiger partial charge is 0.378 e. The third-order valence-electron chi connectivity index (χ3n) is 5.24. The van der Waals surface area contributed by atoms with Crippen molar-refractivity contribution in [1.29, 1.82) is 0 Å². The van der Waals surface area contributed by atoms with Crippen molar-refractivity contribution in [2.75, 3.05) is 13.2 Å². The van der Waals surface area contributed by atoms with Gasteiger partial charge in [-0.2, -0.15) is 0 Å². The molecular formula is C17H23Cl2NO. The molecule has 2 unspecified atom stereocenters. The van der Waals surface area contributed by atoms with E-state index in [1.54, 1.807) is 0 Å². The van der Waals surface area contributed by atoms with Crippen molar-refractivity contribution in [1.82, 2.24) is 5.32 Å². The molecule has 0 heterocycles. The van der Waals surface area contributed by atoms with Crippen LogP contribution in [0.3, 0.4) is 0 Å². The summed E-state index contributed by atoms with van der Waals surface area (Å²) in [6.07, 6.45) is 6.57. The summed E-state index contributed by atoms with van der Waals surface area (Å²) >= 11 is 12.1. The molecule has 21 heavy (non-hydrogen) atoms. The van der Waals surface area contributed by atoms with Gasteiger partial charge in [0.2, 0.25) is 0 Å². The lowest BCUT2D eigenvalue weighted by Crippen LogP contribution is -2.67. The second kappa shape index (κ2) is 6.45. The van der Waals surface area contributed by atoms with Crippen LogP contribution in [0.25, 0.3) is 0 Å². The average molecular weight is 328 g/mol. The van der Waals surface area contributed by atoms with E-state index in [2.05, 4.69) is 12.2 Å². The van der Waals surface area contributed by atoms with Gasteiger partial charge < -0.3 is 10.1 Å². The van der Waals surface area contributed by atoms with Crippen LogP contribution in [0.4, 0.5) is 0 Å². The Morgan fingerprint density at radius 1 is 1.33 bits per heavy atom. The van der Waals surface area contributed by atoms with Gasteiger partial charge in [-0.25, -0.2) is 0 Å². The fraction of sp³-hybridized carbons (Fsp3) is 0.647.